The van der Waals surface area contributed by atoms with Crippen molar-refractivity contribution in [2.45, 2.75) is 32.0 Å². The molecule has 0 N–H and O–H groups in total. The molecule has 1 saturated heterocycles. The molecule has 1 rings (SSSR count). The highest BCUT2D eigenvalue weighted by molar-refractivity contribution is 7.75. The van der Waals surface area contributed by atoms with Gasteiger partial charge in [-0.05, 0) is 13.8 Å². The van der Waals surface area contributed by atoms with Gasteiger partial charge in [-0.15, -0.1) is 6.42 Å². The van der Waals surface area contributed by atoms with Gasteiger partial charge in [-0.25, -0.2) is 0 Å². The fourth-order valence-corrected chi connectivity index (χ4v) is 1.69. The van der Waals surface area contributed by atoms with E-state index in [-0.39, 0.29) is 6.10 Å². The first-order chi connectivity index (χ1) is 5.03. The molecule has 0 radical (unpaired) electrons. The smallest absolute Gasteiger partial charge is 0.262 e. The van der Waals surface area contributed by atoms with Crippen LogP contribution in [0.4, 0.5) is 0 Å². The van der Waals surface area contributed by atoms with E-state index < -0.39 is 17.0 Å². The molecule has 2 unspecified atom stereocenters. The highest BCUT2D eigenvalue weighted by atomic mass is 32.2. The van der Waals surface area contributed by atoms with Gasteiger partial charge in [-0.2, -0.15) is 4.21 Å². The summed E-state index contributed by atoms with van der Waals surface area (Å²) in [7, 11) is 0. The monoisotopic (exact) mass is 174 g/mol. The Labute approximate surface area is 68.9 Å². The van der Waals surface area contributed by atoms with Crippen LogP contribution in [0.5, 0.6) is 0 Å². The molecule has 0 amide bonds. The molecule has 0 spiro atoms. The van der Waals surface area contributed by atoms with Crippen molar-refractivity contribution in [2.75, 3.05) is 0 Å². The van der Waals surface area contributed by atoms with Crippen molar-refractivity contribution in [1.82, 2.24) is 0 Å². The molecule has 1 aliphatic rings. The summed E-state index contributed by atoms with van der Waals surface area (Å²) in [6, 6.07) is 0. The van der Waals surface area contributed by atoms with Gasteiger partial charge in [0.2, 0.25) is 0 Å². The molecular formula is C7H10O3S. The van der Waals surface area contributed by atoms with E-state index in [2.05, 4.69) is 5.92 Å². The zero-order valence-electron chi connectivity index (χ0n) is 6.49. The highest BCUT2D eigenvalue weighted by Gasteiger charge is 2.33. The first-order valence-electron chi connectivity index (χ1n) is 3.28. The lowest BCUT2D eigenvalue weighted by atomic mass is 10.0. The Morgan fingerprint density at radius 1 is 1.73 bits per heavy atom. The molecule has 0 saturated carbocycles. The number of hydrogen-bond donors (Lipinski definition) is 0. The molecule has 1 aliphatic heterocycles. The van der Waals surface area contributed by atoms with Crippen LogP contribution < -0.4 is 0 Å². The van der Waals surface area contributed by atoms with Gasteiger partial charge < -0.3 is 0 Å². The fourth-order valence-electron chi connectivity index (χ4n) is 0.900. The summed E-state index contributed by atoms with van der Waals surface area (Å²) in [4.78, 5) is 0. The zero-order chi connectivity index (χ0) is 8.48. The minimum Gasteiger partial charge on any atom is -0.262 e. The van der Waals surface area contributed by atoms with E-state index in [9.17, 15) is 4.21 Å². The van der Waals surface area contributed by atoms with Crippen molar-refractivity contribution >= 4 is 11.4 Å². The second-order valence-corrected chi connectivity index (χ2v) is 3.77. The maximum atomic E-state index is 10.8. The van der Waals surface area contributed by atoms with E-state index in [0.717, 1.165) is 0 Å². The minimum absolute atomic E-state index is 0.389. The van der Waals surface area contributed by atoms with Crippen LogP contribution in [0.1, 0.15) is 20.3 Å². The van der Waals surface area contributed by atoms with Crippen molar-refractivity contribution in [3.05, 3.63) is 0 Å². The topological polar surface area (TPSA) is 35.5 Å². The van der Waals surface area contributed by atoms with Crippen LogP contribution in [0.2, 0.25) is 0 Å². The summed E-state index contributed by atoms with van der Waals surface area (Å²) < 4.78 is 20.6. The highest BCUT2D eigenvalue weighted by Crippen LogP contribution is 2.25. The third-order valence-corrected chi connectivity index (χ3v) is 2.33. The van der Waals surface area contributed by atoms with Crippen LogP contribution >= 0.6 is 0 Å². The normalized spacial score (nSPS) is 36.1. The summed E-state index contributed by atoms with van der Waals surface area (Å²) in [5.41, 5.74) is -0.444. The maximum Gasteiger partial charge on any atom is 0.306 e. The Bertz CT molecular complexity index is 216. The molecule has 0 aromatic heterocycles. The lowest BCUT2D eigenvalue weighted by Gasteiger charge is -2.30. The lowest BCUT2D eigenvalue weighted by Crippen LogP contribution is -2.37. The molecule has 4 heteroatoms. The second kappa shape index (κ2) is 2.94. The molecule has 0 bridgehead atoms. The average Bonchev–Trinajstić information content (AvgIpc) is 1.83. The molecule has 0 aliphatic carbocycles. The van der Waals surface area contributed by atoms with Gasteiger partial charge in [0.15, 0.2) is 0 Å². The largest absolute Gasteiger partial charge is 0.306 e. The Hall–Kier alpha value is -0.370. The quantitative estimate of drug-likeness (QED) is 0.509. The molecule has 1 fully saturated rings. The van der Waals surface area contributed by atoms with Crippen LogP contribution in [-0.4, -0.2) is 15.9 Å². The fraction of sp³-hybridized carbons (Fsp3) is 0.714. The van der Waals surface area contributed by atoms with Crippen molar-refractivity contribution in [1.29, 1.82) is 0 Å². The Morgan fingerprint density at radius 3 is 2.82 bits per heavy atom. The number of hydrogen-bond acceptors (Lipinski definition) is 3. The summed E-state index contributed by atoms with van der Waals surface area (Å²) in [5, 5.41) is 0. The molecule has 2 atom stereocenters. The van der Waals surface area contributed by atoms with Crippen LogP contribution in [0, 0.1) is 12.3 Å². The SMILES string of the molecule is C#CC1CC(C)(C)OS(=O)O1. The van der Waals surface area contributed by atoms with Gasteiger partial charge in [0.1, 0.15) is 6.10 Å². The zero-order valence-corrected chi connectivity index (χ0v) is 7.31. The molecule has 1 heterocycles. The van der Waals surface area contributed by atoms with Crippen molar-refractivity contribution in [3.63, 3.8) is 0 Å². The van der Waals surface area contributed by atoms with E-state index in [1.165, 1.54) is 0 Å². The van der Waals surface area contributed by atoms with Crippen molar-refractivity contribution in [3.8, 4) is 12.3 Å². The number of terminal acetylenes is 1. The van der Waals surface area contributed by atoms with Crippen molar-refractivity contribution < 1.29 is 12.6 Å². The molecule has 11 heavy (non-hydrogen) atoms. The van der Waals surface area contributed by atoms with Crippen molar-refractivity contribution in [2.24, 2.45) is 0 Å². The van der Waals surface area contributed by atoms with E-state index in [0.29, 0.717) is 6.42 Å². The molecule has 0 aromatic carbocycles. The number of rotatable bonds is 0. The van der Waals surface area contributed by atoms with Crippen LogP contribution in [0.3, 0.4) is 0 Å². The standard InChI is InChI=1S/C7H10O3S/c1-4-6-5-7(2,3)10-11(8)9-6/h1,6H,5H2,2-3H3. The Kier molecular flexibility index (Phi) is 2.33. The van der Waals surface area contributed by atoms with E-state index >= 15 is 0 Å². The first-order valence-corrected chi connectivity index (χ1v) is 4.28. The van der Waals surface area contributed by atoms with Crippen LogP contribution in [-0.2, 0) is 19.7 Å². The summed E-state index contributed by atoms with van der Waals surface area (Å²) in [6.07, 6.45) is 5.31. The molecule has 62 valence electrons. The van der Waals surface area contributed by atoms with E-state index in [4.69, 9.17) is 14.8 Å². The second-order valence-electron chi connectivity index (χ2n) is 3.00. The summed E-state index contributed by atoms with van der Waals surface area (Å²) in [5.74, 6) is 2.39. The molecule has 0 aromatic rings. The van der Waals surface area contributed by atoms with Crippen LogP contribution in [0.15, 0.2) is 0 Å². The van der Waals surface area contributed by atoms with Gasteiger partial charge in [0.05, 0.1) is 5.60 Å². The van der Waals surface area contributed by atoms with E-state index in [1.54, 1.807) is 0 Å². The predicted octanol–water partition coefficient (Wildman–Crippen LogP) is 0.782. The van der Waals surface area contributed by atoms with Gasteiger partial charge in [-0.3, -0.25) is 8.37 Å². The summed E-state index contributed by atoms with van der Waals surface area (Å²) >= 11 is -1.68. The minimum atomic E-state index is -1.68. The summed E-state index contributed by atoms with van der Waals surface area (Å²) in [6.45, 7) is 3.66. The third-order valence-electron chi connectivity index (χ3n) is 1.35. The van der Waals surface area contributed by atoms with E-state index in [1.807, 2.05) is 13.8 Å². The van der Waals surface area contributed by atoms with Gasteiger partial charge >= 0.3 is 11.4 Å². The van der Waals surface area contributed by atoms with Gasteiger partial charge in [-0.1, -0.05) is 5.92 Å². The average molecular weight is 174 g/mol. The Balaban J connectivity index is 2.67. The van der Waals surface area contributed by atoms with Gasteiger partial charge in [0.25, 0.3) is 0 Å². The predicted molar refractivity (Wildman–Crippen MR) is 41.6 cm³/mol. The third kappa shape index (κ3) is 2.29. The lowest BCUT2D eigenvalue weighted by molar-refractivity contribution is 0.0235. The maximum absolute atomic E-state index is 10.8. The van der Waals surface area contributed by atoms with Crippen LogP contribution in [0.25, 0.3) is 0 Å². The first kappa shape index (κ1) is 8.72. The Morgan fingerprint density at radius 2 is 2.36 bits per heavy atom. The molecular weight excluding hydrogens is 164 g/mol. The molecule has 3 nitrogen and oxygen atoms in total. The van der Waals surface area contributed by atoms with Gasteiger partial charge in [0, 0.05) is 6.42 Å².